The van der Waals surface area contributed by atoms with E-state index in [-0.39, 0.29) is 15.8 Å². The standard InChI is InChI=1S/C7H8BNO2S.2H2O/c1-9-12(10,11)7-4-2-6(8)3-5-7;;/h2-5,9H,1H3;2*1H2/q+2;;/p-2. The van der Waals surface area contributed by atoms with Gasteiger partial charge in [-0.2, -0.15) is 0 Å². The van der Waals surface area contributed by atoms with Gasteiger partial charge in [-0.1, -0.05) is 0 Å². The average molecular weight is 215 g/mol. The molecule has 0 amide bonds. The van der Waals surface area contributed by atoms with E-state index in [1.165, 1.54) is 19.2 Å². The molecule has 7 heteroatoms. The maximum Gasteiger partial charge on any atom is -0.870 e. The smallest absolute Gasteiger partial charge is 0.870 e. The van der Waals surface area contributed by atoms with Gasteiger partial charge in [-0.15, -0.1) is 0 Å². The van der Waals surface area contributed by atoms with Crippen LogP contribution in [-0.2, 0) is 10.0 Å². The summed E-state index contributed by atoms with van der Waals surface area (Å²) < 4.78 is 24.5. The molecule has 0 saturated carbocycles. The van der Waals surface area contributed by atoms with Crippen LogP contribution >= 0.6 is 0 Å². The fourth-order valence-corrected chi connectivity index (χ4v) is 1.49. The Hall–Kier alpha value is -0.885. The third-order valence-corrected chi connectivity index (χ3v) is 2.89. The quantitative estimate of drug-likeness (QED) is 0.640. The summed E-state index contributed by atoms with van der Waals surface area (Å²) in [6, 6.07) is 6.01. The predicted molar refractivity (Wildman–Crippen MR) is 51.9 cm³/mol. The zero-order valence-electron chi connectivity index (χ0n) is 7.51. The number of rotatable bonds is 2. The molecular formula is C7H10BNO4S. The molecule has 0 unspecified atom stereocenters. The van der Waals surface area contributed by atoms with Crippen LogP contribution in [0.3, 0.4) is 0 Å². The third-order valence-electron chi connectivity index (χ3n) is 1.46. The molecule has 0 atom stereocenters. The van der Waals surface area contributed by atoms with Gasteiger partial charge in [0.2, 0.25) is 0 Å². The minimum atomic E-state index is -3.32. The second-order valence-electron chi connectivity index (χ2n) is 2.28. The summed E-state index contributed by atoms with van der Waals surface area (Å²) in [7, 11) is 3.44. The van der Waals surface area contributed by atoms with Crippen molar-refractivity contribution in [2.24, 2.45) is 0 Å². The second kappa shape index (κ2) is 5.76. The van der Waals surface area contributed by atoms with Crippen molar-refractivity contribution in [3.05, 3.63) is 24.3 Å². The zero-order valence-corrected chi connectivity index (χ0v) is 8.32. The molecular weight excluding hydrogens is 205 g/mol. The molecule has 0 aliphatic carbocycles. The molecule has 0 aromatic heterocycles. The van der Waals surface area contributed by atoms with Gasteiger partial charge in [0.15, 0.2) is 0 Å². The molecule has 0 spiro atoms. The van der Waals surface area contributed by atoms with Crippen LogP contribution in [0.25, 0.3) is 0 Å². The molecule has 76 valence electrons. The molecule has 1 aromatic rings. The first-order valence-corrected chi connectivity index (χ1v) is 4.83. The van der Waals surface area contributed by atoms with Crippen molar-refractivity contribution in [3.63, 3.8) is 0 Å². The summed E-state index contributed by atoms with van der Waals surface area (Å²) in [5.74, 6) is 0. The number of benzene rings is 1. The maximum atomic E-state index is 11.2. The van der Waals surface area contributed by atoms with Gasteiger partial charge >= 0.3 is 72.7 Å². The van der Waals surface area contributed by atoms with Crippen LogP contribution in [-0.4, -0.2) is 34.3 Å². The van der Waals surface area contributed by atoms with E-state index >= 15 is 0 Å². The van der Waals surface area contributed by atoms with Crippen LogP contribution in [0.4, 0.5) is 0 Å². The summed E-state index contributed by atoms with van der Waals surface area (Å²) in [5, 5.41) is 0. The van der Waals surface area contributed by atoms with E-state index < -0.39 is 10.0 Å². The van der Waals surface area contributed by atoms with E-state index in [1.807, 2.05) is 0 Å². The number of sulfonamides is 1. The summed E-state index contributed by atoms with van der Waals surface area (Å²) >= 11 is 0. The molecule has 5 nitrogen and oxygen atoms in total. The molecule has 0 saturated heterocycles. The first-order valence-electron chi connectivity index (χ1n) is 3.35. The van der Waals surface area contributed by atoms with Crippen LogP contribution < -0.4 is 10.2 Å². The number of nitrogens with one attached hydrogen (secondary N) is 1. The first kappa shape index (κ1) is 15.6. The normalized spacial score (nSPS) is 9.93. The van der Waals surface area contributed by atoms with Gasteiger partial charge in [-0.3, -0.25) is 0 Å². The van der Waals surface area contributed by atoms with Crippen LogP contribution in [0, 0.1) is 0 Å². The van der Waals surface area contributed by atoms with Gasteiger partial charge in [0, 0.05) is 0 Å². The molecule has 0 fully saturated rings. The molecule has 1 aromatic carbocycles. The van der Waals surface area contributed by atoms with Gasteiger partial charge in [-0.05, 0) is 0 Å². The van der Waals surface area contributed by atoms with Crippen LogP contribution in [0.15, 0.2) is 29.2 Å². The SMILES string of the molecule is [B+2]c1ccc(S(=O)(=O)NC)cc1.[OH-].[OH-]. The second-order valence-corrected chi connectivity index (χ2v) is 4.16. The number of hydrogen-bond acceptors (Lipinski definition) is 4. The Morgan fingerprint density at radius 2 is 1.57 bits per heavy atom. The van der Waals surface area contributed by atoms with Gasteiger partial charge in [0.25, 0.3) is 0 Å². The van der Waals surface area contributed by atoms with Gasteiger partial charge in [0.1, 0.15) is 0 Å². The van der Waals surface area contributed by atoms with E-state index in [1.54, 1.807) is 12.1 Å². The van der Waals surface area contributed by atoms with Crippen molar-refractivity contribution < 1.29 is 19.4 Å². The summed E-state index contributed by atoms with van der Waals surface area (Å²) in [4.78, 5) is 0.221. The minimum Gasteiger partial charge on any atom is -0.870 e. The fraction of sp³-hybridized carbons (Fsp3) is 0.143. The Morgan fingerprint density at radius 1 is 1.14 bits per heavy atom. The largest absolute Gasteiger partial charge is 0.870 e. The topological polar surface area (TPSA) is 106 Å². The van der Waals surface area contributed by atoms with Crippen LogP contribution in [0.2, 0.25) is 0 Å². The van der Waals surface area contributed by atoms with Crippen molar-refractivity contribution in [1.29, 1.82) is 0 Å². The van der Waals surface area contributed by atoms with Gasteiger partial charge < -0.3 is 11.0 Å². The predicted octanol–water partition coefficient (Wildman–Crippen LogP) is -0.965. The van der Waals surface area contributed by atoms with Gasteiger partial charge in [-0.25, -0.2) is 0 Å². The molecule has 0 bridgehead atoms. The van der Waals surface area contributed by atoms with E-state index in [4.69, 9.17) is 7.85 Å². The molecule has 0 radical (unpaired) electrons. The third kappa shape index (κ3) is 3.47. The molecule has 0 heterocycles. The molecule has 14 heavy (non-hydrogen) atoms. The van der Waals surface area contributed by atoms with Gasteiger partial charge in [0.05, 0.1) is 0 Å². The first-order chi connectivity index (χ1) is 5.56. The summed E-state index contributed by atoms with van der Waals surface area (Å²) in [6.07, 6.45) is 0. The zero-order chi connectivity index (χ0) is 9.19. The Bertz CT molecular complexity index is 362. The Balaban J connectivity index is 0. The van der Waals surface area contributed by atoms with Crippen molar-refractivity contribution in [1.82, 2.24) is 4.72 Å². The van der Waals surface area contributed by atoms with Crippen molar-refractivity contribution in [2.75, 3.05) is 7.05 Å². The summed E-state index contributed by atoms with van der Waals surface area (Å²) in [5.41, 5.74) is 0.546. The monoisotopic (exact) mass is 215 g/mol. The maximum absolute atomic E-state index is 11.2. The molecule has 0 aliphatic heterocycles. The van der Waals surface area contributed by atoms with E-state index in [0.29, 0.717) is 5.46 Å². The Labute approximate surface area is 84.2 Å². The van der Waals surface area contributed by atoms with Crippen LogP contribution in [0.5, 0.6) is 0 Å². The van der Waals surface area contributed by atoms with E-state index in [2.05, 4.69) is 4.72 Å². The molecule has 3 N–H and O–H groups in total. The van der Waals surface area contributed by atoms with Crippen molar-refractivity contribution in [2.45, 2.75) is 4.90 Å². The number of hydrogen-bond donors (Lipinski definition) is 1. The van der Waals surface area contributed by atoms with Crippen molar-refractivity contribution in [3.8, 4) is 0 Å². The molecule has 1 rings (SSSR count). The minimum absolute atomic E-state index is 0. The van der Waals surface area contributed by atoms with Crippen LogP contribution in [0.1, 0.15) is 0 Å². The Morgan fingerprint density at radius 3 is 1.93 bits per heavy atom. The molecule has 0 aliphatic rings. The summed E-state index contributed by atoms with van der Waals surface area (Å²) in [6.45, 7) is 0. The van der Waals surface area contributed by atoms with Crippen molar-refractivity contribution >= 4 is 23.3 Å². The van der Waals surface area contributed by atoms with E-state index in [9.17, 15) is 8.42 Å². The average Bonchev–Trinajstić information content (AvgIpc) is 2.05. The fourth-order valence-electron chi connectivity index (χ4n) is 0.765. The van der Waals surface area contributed by atoms with E-state index in [0.717, 1.165) is 0 Å². The Kier molecular flexibility index (Phi) is 6.41.